The van der Waals surface area contributed by atoms with E-state index in [0.717, 1.165) is 5.56 Å². The van der Waals surface area contributed by atoms with Crippen LogP contribution in [0.3, 0.4) is 0 Å². The Morgan fingerprint density at radius 2 is 1.69 bits per heavy atom. The predicted molar refractivity (Wildman–Crippen MR) is 89.8 cm³/mol. The number of benzene rings is 2. The first-order valence-electron chi connectivity index (χ1n) is 7.90. The summed E-state index contributed by atoms with van der Waals surface area (Å²) >= 11 is 0. The first kappa shape index (κ1) is 17.8. The lowest BCUT2D eigenvalue weighted by Crippen LogP contribution is -2.27. The van der Waals surface area contributed by atoms with Crippen LogP contribution in [0.2, 0.25) is 0 Å². The van der Waals surface area contributed by atoms with Crippen LogP contribution in [0.15, 0.2) is 59.1 Å². The monoisotopic (exact) mass is 358 g/mol. The van der Waals surface area contributed by atoms with E-state index in [1.165, 1.54) is 24.3 Å². The molecular formula is C19H16F2N2O3. The zero-order valence-corrected chi connectivity index (χ0v) is 13.7. The summed E-state index contributed by atoms with van der Waals surface area (Å²) in [4.78, 5) is 11.7. The van der Waals surface area contributed by atoms with Crippen molar-refractivity contribution in [2.75, 3.05) is 6.61 Å². The number of carbonyl (C=O) groups is 1. The number of halogens is 2. The van der Waals surface area contributed by atoms with Crippen molar-refractivity contribution in [2.45, 2.75) is 13.2 Å². The minimum Gasteiger partial charge on any atom is -0.365 e. The van der Waals surface area contributed by atoms with Gasteiger partial charge in [0.05, 0.1) is 6.61 Å². The number of nitrogens with one attached hydrogen (secondary N) is 1. The molecule has 0 unspecified atom stereocenters. The van der Waals surface area contributed by atoms with Gasteiger partial charge in [-0.3, -0.25) is 4.79 Å². The van der Waals surface area contributed by atoms with Crippen LogP contribution in [0, 0.1) is 11.6 Å². The number of aromatic nitrogens is 1. The van der Waals surface area contributed by atoms with Gasteiger partial charge in [0, 0.05) is 18.2 Å². The minimum atomic E-state index is -0.330. The highest BCUT2D eigenvalue weighted by Crippen LogP contribution is 2.20. The van der Waals surface area contributed by atoms with Gasteiger partial charge in [0.2, 0.25) is 5.91 Å². The van der Waals surface area contributed by atoms with Gasteiger partial charge in [-0.05, 0) is 42.0 Å². The van der Waals surface area contributed by atoms with Crippen molar-refractivity contribution < 1.29 is 22.8 Å². The van der Waals surface area contributed by atoms with Gasteiger partial charge in [0.25, 0.3) is 0 Å². The first-order chi connectivity index (χ1) is 12.6. The van der Waals surface area contributed by atoms with Crippen LogP contribution in [0.5, 0.6) is 0 Å². The molecule has 1 N–H and O–H groups in total. The maximum atomic E-state index is 12.9. The molecule has 1 amide bonds. The van der Waals surface area contributed by atoms with Gasteiger partial charge < -0.3 is 14.6 Å². The van der Waals surface area contributed by atoms with Crippen molar-refractivity contribution in [1.82, 2.24) is 10.5 Å². The Hall–Kier alpha value is -3.06. The van der Waals surface area contributed by atoms with E-state index in [2.05, 4.69) is 10.5 Å². The first-order valence-corrected chi connectivity index (χ1v) is 7.90. The SMILES string of the molecule is O=C(COCc1cc(-c2ccc(F)cc2)on1)NCc1ccc(F)cc1. The molecule has 1 aromatic heterocycles. The number of nitrogens with zero attached hydrogens (tertiary/aromatic N) is 1. The Kier molecular flexibility index (Phi) is 5.70. The maximum Gasteiger partial charge on any atom is 0.246 e. The van der Waals surface area contributed by atoms with Crippen LogP contribution in [-0.2, 0) is 22.7 Å². The zero-order valence-electron chi connectivity index (χ0n) is 13.7. The maximum absolute atomic E-state index is 12.9. The highest BCUT2D eigenvalue weighted by Gasteiger charge is 2.08. The summed E-state index contributed by atoms with van der Waals surface area (Å²) in [5, 5.41) is 6.53. The Morgan fingerprint density at radius 1 is 1.04 bits per heavy atom. The highest BCUT2D eigenvalue weighted by atomic mass is 19.1. The molecule has 0 spiro atoms. The van der Waals surface area contributed by atoms with Crippen LogP contribution < -0.4 is 5.32 Å². The van der Waals surface area contributed by atoms with E-state index in [4.69, 9.17) is 9.26 Å². The van der Waals surface area contributed by atoms with Crippen LogP contribution in [0.1, 0.15) is 11.3 Å². The van der Waals surface area contributed by atoms with Gasteiger partial charge in [-0.2, -0.15) is 0 Å². The summed E-state index contributed by atoms with van der Waals surface area (Å²) in [5.74, 6) is -0.458. The number of rotatable bonds is 7. The summed E-state index contributed by atoms with van der Waals surface area (Å²) < 4.78 is 36.2. The van der Waals surface area contributed by atoms with E-state index < -0.39 is 0 Å². The molecule has 0 aliphatic rings. The van der Waals surface area contributed by atoms with Crippen molar-refractivity contribution in [3.05, 3.63) is 77.5 Å². The molecule has 2 aromatic carbocycles. The van der Waals surface area contributed by atoms with Crippen LogP contribution in [0.4, 0.5) is 8.78 Å². The molecule has 0 radical (unpaired) electrons. The van der Waals surface area contributed by atoms with E-state index in [-0.39, 0.29) is 30.8 Å². The van der Waals surface area contributed by atoms with Crippen LogP contribution in [0.25, 0.3) is 11.3 Å². The summed E-state index contributed by atoms with van der Waals surface area (Å²) in [7, 11) is 0. The fraction of sp³-hybridized carbons (Fsp3) is 0.158. The Bertz CT molecular complexity index is 861. The number of hydrogen-bond acceptors (Lipinski definition) is 4. The van der Waals surface area contributed by atoms with Gasteiger partial charge in [0.1, 0.15) is 23.9 Å². The standard InChI is InChI=1S/C19H16F2N2O3/c20-15-5-1-13(2-6-15)10-22-19(24)12-25-11-17-9-18(26-23-17)14-3-7-16(21)8-4-14/h1-9H,10-12H2,(H,22,24). The quantitative estimate of drug-likeness (QED) is 0.703. The van der Waals surface area contributed by atoms with E-state index in [0.29, 0.717) is 23.6 Å². The zero-order chi connectivity index (χ0) is 18.4. The van der Waals surface area contributed by atoms with Crippen LogP contribution >= 0.6 is 0 Å². The van der Waals surface area contributed by atoms with Crippen molar-refractivity contribution >= 4 is 5.91 Å². The Balaban J connectivity index is 1.42. The lowest BCUT2D eigenvalue weighted by Gasteiger charge is -2.05. The Morgan fingerprint density at radius 3 is 2.38 bits per heavy atom. The highest BCUT2D eigenvalue weighted by molar-refractivity contribution is 5.77. The molecule has 134 valence electrons. The molecule has 0 aliphatic heterocycles. The second-order valence-electron chi connectivity index (χ2n) is 5.59. The van der Waals surface area contributed by atoms with Gasteiger partial charge in [0.15, 0.2) is 5.76 Å². The predicted octanol–water partition coefficient (Wildman–Crippen LogP) is 3.45. The molecule has 1 heterocycles. The fourth-order valence-corrected chi connectivity index (χ4v) is 2.23. The van der Waals surface area contributed by atoms with E-state index in [1.807, 2.05) is 0 Å². The molecule has 0 aliphatic carbocycles. The molecule has 3 aromatic rings. The second kappa shape index (κ2) is 8.35. The summed E-state index contributed by atoms with van der Waals surface area (Å²) in [6.45, 7) is 0.260. The van der Waals surface area contributed by atoms with Crippen LogP contribution in [-0.4, -0.2) is 17.7 Å². The molecule has 0 saturated heterocycles. The fourth-order valence-electron chi connectivity index (χ4n) is 2.23. The smallest absolute Gasteiger partial charge is 0.246 e. The van der Waals surface area contributed by atoms with E-state index in [1.54, 1.807) is 30.3 Å². The molecule has 5 nitrogen and oxygen atoms in total. The summed E-state index contributed by atoms with van der Waals surface area (Å²) in [6, 6.07) is 13.4. The van der Waals surface area contributed by atoms with E-state index >= 15 is 0 Å². The topological polar surface area (TPSA) is 64.4 Å². The number of carbonyl (C=O) groups excluding carboxylic acids is 1. The third-order valence-corrected chi connectivity index (χ3v) is 3.57. The second-order valence-corrected chi connectivity index (χ2v) is 5.59. The molecular weight excluding hydrogens is 342 g/mol. The molecule has 3 rings (SSSR count). The van der Waals surface area contributed by atoms with Gasteiger partial charge in [-0.25, -0.2) is 8.78 Å². The van der Waals surface area contributed by atoms with Gasteiger partial charge in [-0.15, -0.1) is 0 Å². The van der Waals surface area contributed by atoms with E-state index in [9.17, 15) is 13.6 Å². The largest absolute Gasteiger partial charge is 0.365 e. The minimum absolute atomic E-state index is 0.106. The molecule has 0 bridgehead atoms. The number of hydrogen-bond donors (Lipinski definition) is 1. The molecule has 7 heteroatoms. The van der Waals surface area contributed by atoms with Crippen molar-refractivity contribution in [1.29, 1.82) is 0 Å². The normalized spacial score (nSPS) is 10.7. The van der Waals surface area contributed by atoms with Crippen molar-refractivity contribution in [3.8, 4) is 11.3 Å². The number of ether oxygens (including phenoxy) is 1. The van der Waals surface area contributed by atoms with Crippen molar-refractivity contribution in [2.24, 2.45) is 0 Å². The van der Waals surface area contributed by atoms with Gasteiger partial charge >= 0.3 is 0 Å². The van der Waals surface area contributed by atoms with Gasteiger partial charge in [-0.1, -0.05) is 17.3 Å². The summed E-state index contributed by atoms with van der Waals surface area (Å²) in [5.41, 5.74) is 2.01. The lowest BCUT2D eigenvalue weighted by molar-refractivity contribution is -0.126. The number of amides is 1. The molecule has 0 atom stereocenters. The third-order valence-electron chi connectivity index (χ3n) is 3.57. The molecule has 0 fully saturated rings. The average Bonchev–Trinajstić information content (AvgIpc) is 3.11. The summed E-state index contributed by atoms with van der Waals surface area (Å²) in [6.07, 6.45) is 0. The Labute approximate surface area is 148 Å². The van der Waals surface area contributed by atoms with Crippen molar-refractivity contribution in [3.63, 3.8) is 0 Å². The average molecular weight is 358 g/mol. The lowest BCUT2D eigenvalue weighted by atomic mass is 10.1. The molecule has 0 saturated carbocycles. The third kappa shape index (κ3) is 4.97. The molecule has 26 heavy (non-hydrogen) atoms.